The number of rotatable bonds is 7. The van der Waals surface area contributed by atoms with Crippen molar-refractivity contribution in [3.05, 3.63) is 75.5 Å². The quantitative estimate of drug-likeness (QED) is 0.420. The van der Waals surface area contributed by atoms with Crippen LogP contribution >= 0.6 is 35.1 Å². The Morgan fingerprint density at radius 3 is 2.71 bits per heavy atom. The van der Waals surface area contributed by atoms with Crippen LogP contribution in [-0.4, -0.2) is 50.7 Å². The number of carbonyl (C=O) groups excluding carboxylic acids is 2. The molecule has 6 nitrogen and oxygen atoms in total. The Morgan fingerprint density at radius 2 is 2.03 bits per heavy atom. The highest BCUT2D eigenvalue weighted by Gasteiger charge is 2.54. The van der Waals surface area contributed by atoms with Gasteiger partial charge < -0.3 is 10.4 Å². The van der Waals surface area contributed by atoms with E-state index in [9.17, 15) is 28.3 Å². The lowest BCUT2D eigenvalue weighted by atomic mass is 10.0. The number of amides is 2. The molecule has 1 saturated heterocycles. The monoisotopic (exact) mass is 524 g/mol. The maximum Gasteiger partial charge on any atom is 0.352 e. The minimum Gasteiger partial charge on any atom is -0.477 e. The van der Waals surface area contributed by atoms with Crippen LogP contribution < -0.4 is 5.32 Å². The molecule has 0 radical (unpaired) electrons. The summed E-state index contributed by atoms with van der Waals surface area (Å²) < 4.78 is 26.9. The summed E-state index contributed by atoms with van der Waals surface area (Å²) in [6.45, 7) is 1.91. The van der Waals surface area contributed by atoms with Gasteiger partial charge in [0.2, 0.25) is 5.91 Å². The van der Waals surface area contributed by atoms with Gasteiger partial charge in [-0.1, -0.05) is 17.7 Å². The van der Waals surface area contributed by atoms with Gasteiger partial charge in [0.25, 0.3) is 5.91 Å². The van der Waals surface area contributed by atoms with E-state index in [4.69, 9.17) is 11.6 Å². The fraction of sp³-hybridized carbons (Fsp3) is 0.261. The Morgan fingerprint density at radius 1 is 1.26 bits per heavy atom. The number of halogens is 3. The molecule has 0 aliphatic carbocycles. The van der Waals surface area contributed by atoms with Crippen LogP contribution in [0.3, 0.4) is 0 Å². The van der Waals surface area contributed by atoms with E-state index in [1.165, 1.54) is 34.5 Å². The van der Waals surface area contributed by atoms with Crippen molar-refractivity contribution in [2.75, 3.05) is 11.5 Å². The molecule has 178 valence electrons. The van der Waals surface area contributed by atoms with E-state index in [1.54, 1.807) is 6.07 Å². The van der Waals surface area contributed by atoms with Gasteiger partial charge in [-0.15, -0.1) is 23.5 Å². The van der Waals surface area contributed by atoms with Crippen molar-refractivity contribution in [1.82, 2.24) is 10.2 Å². The van der Waals surface area contributed by atoms with Crippen LogP contribution in [0.4, 0.5) is 8.78 Å². The lowest BCUT2D eigenvalue weighted by molar-refractivity contribution is -0.150. The van der Waals surface area contributed by atoms with Gasteiger partial charge in [-0.05, 0) is 47.9 Å². The Hall–Kier alpha value is -2.56. The predicted molar refractivity (Wildman–Crippen MR) is 127 cm³/mol. The Kier molecular flexibility index (Phi) is 7.20. The Labute approximate surface area is 207 Å². The molecule has 2 aliphatic heterocycles. The van der Waals surface area contributed by atoms with Gasteiger partial charge in [0.15, 0.2) is 0 Å². The molecular formula is C23H19ClF2N2O4S2. The second kappa shape index (κ2) is 9.97. The van der Waals surface area contributed by atoms with Crippen LogP contribution in [0.5, 0.6) is 0 Å². The maximum atomic E-state index is 13.8. The van der Waals surface area contributed by atoms with Crippen molar-refractivity contribution in [3.63, 3.8) is 0 Å². The number of aryl methyl sites for hydroxylation is 1. The van der Waals surface area contributed by atoms with E-state index in [0.29, 0.717) is 28.2 Å². The zero-order chi connectivity index (χ0) is 24.6. The highest BCUT2D eigenvalue weighted by molar-refractivity contribution is 8.01. The summed E-state index contributed by atoms with van der Waals surface area (Å²) in [4.78, 5) is 39.2. The molecule has 2 aromatic rings. The van der Waals surface area contributed by atoms with Crippen LogP contribution in [0.1, 0.15) is 11.1 Å². The number of hydrogen-bond donors (Lipinski definition) is 2. The molecular weight excluding hydrogens is 506 g/mol. The third kappa shape index (κ3) is 5.08. The van der Waals surface area contributed by atoms with E-state index >= 15 is 0 Å². The van der Waals surface area contributed by atoms with Crippen LogP contribution in [-0.2, 0) is 20.8 Å². The number of benzene rings is 2. The lowest BCUT2D eigenvalue weighted by Crippen LogP contribution is -2.70. The zero-order valence-electron chi connectivity index (χ0n) is 17.8. The van der Waals surface area contributed by atoms with Crippen LogP contribution in [0.2, 0.25) is 5.02 Å². The Bertz CT molecular complexity index is 1200. The number of β-lactam (4-membered cyclic amide) rings is 1. The number of carboxylic acid groups (broad SMARTS) is 1. The van der Waals surface area contributed by atoms with Gasteiger partial charge in [-0.2, -0.15) is 0 Å². The maximum absolute atomic E-state index is 13.8. The first kappa shape index (κ1) is 24.6. The number of aliphatic carboxylic acids is 1. The highest BCUT2D eigenvalue weighted by Crippen LogP contribution is 2.41. The first-order valence-electron chi connectivity index (χ1n) is 10.2. The highest BCUT2D eigenvalue weighted by atomic mass is 35.5. The SMILES string of the molecule is Cc1cc(Cl)cc(SCC2=C(C(=O)O)N3C(=O)C(NC(=O)Cc4ccc(F)cc4F)[C@@H]3SC2)c1. The second-order valence-corrected chi connectivity index (χ2v) is 10.5. The summed E-state index contributed by atoms with van der Waals surface area (Å²) in [5.74, 6) is -3.22. The van der Waals surface area contributed by atoms with Crippen molar-refractivity contribution < 1.29 is 28.3 Å². The Balaban J connectivity index is 1.44. The summed E-state index contributed by atoms with van der Waals surface area (Å²) in [6.07, 6.45) is -0.365. The van der Waals surface area contributed by atoms with Crippen molar-refractivity contribution >= 4 is 52.9 Å². The third-order valence-electron chi connectivity index (χ3n) is 5.36. The largest absolute Gasteiger partial charge is 0.477 e. The molecule has 2 N–H and O–H groups in total. The molecule has 2 amide bonds. The molecule has 4 rings (SSSR count). The van der Waals surface area contributed by atoms with Crippen LogP contribution in [0.25, 0.3) is 0 Å². The summed E-state index contributed by atoms with van der Waals surface area (Å²) in [5, 5.41) is 12.4. The molecule has 2 heterocycles. The number of carboxylic acids is 1. The molecule has 1 fully saturated rings. The van der Waals surface area contributed by atoms with Gasteiger partial charge in [-0.25, -0.2) is 13.6 Å². The molecule has 34 heavy (non-hydrogen) atoms. The second-order valence-electron chi connectivity index (χ2n) is 7.88. The van der Waals surface area contributed by atoms with E-state index in [-0.39, 0.29) is 17.7 Å². The van der Waals surface area contributed by atoms with Crippen molar-refractivity contribution in [2.45, 2.75) is 29.7 Å². The van der Waals surface area contributed by atoms with Gasteiger partial charge in [0, 0.05) is 27.5 Å². The molecule has 0 spiro atoms. The fourth-order valence-electron chi connectivity index (χ4n) is 3.81. The lowest BCUT2D eigenvalue weighted by Gasteiger charge is -2.49. The van der Waals surface area contributed by atoms with Crippen LogP contribution in [0, 0.1) is 18.6 Å². The standard InChI is InChI=1S/C23H19ClF2N2O4S2/c1-11-4-14(24)7-16(5-11)33-9-13-10-34-22-19(21(30)28(22)20(13)23(31)32)27-18(29)6-12-2-3-15(25)8-17(12)26/h2-5,7-8,19,22H,6,9-10H2,1H3,(H,27,29)(H,31,32)/t19?,22-/m0/s1. The summed E-state index contributed by atoms with van der Waals surface area (Å²) >= 11 is 8.88. The fourth-order valence-corrected chi connectivity index (χ4v) is 6.70. The van der Waals surface area contributed by atoms with Crippen molar-refractivity contribution in [1.29, 1.82) is 0 Å². The van der Waals surface area contributed by atoms with Gasteiger partial charge >= 0.3 is 5.97 Å². The topological polar surface area (TPSA) is 86.7 Å². The average molecular weight is 525 g/mol. The normalized spacial score (nSPS) is 19.5. The van der Waals surface area contributed by atoms with Gasteiger partial charge in [0.1, 0.15) is 28.7 Å². The summed E-state index contributed by atoms with van der Waals surface area (Å²) in [7, 11) is 0. The molecule has 2 aliphatic rings. The minimum absolute atomic E-state index is 0.000472. The number of carbonyl (C=O) groups is 3. The molecule has 0 bridgehead atoms. The number of hydrogen-bond acceptors (Lipinski definition) is 5. The smallest absolute Gasteiger partial charge is 0.352 e. The first-order chi connectivity index (χ1) is 16.1. The van der Waals surface area contributed by atoms with E-state index in [2.05, 4.69) is 5.32 Å². The van der Waals surface area contributed by atoms with Gasteiger partial charge in [0.05, 0.1) is 6.42 Å². The summed E-state index contributed by atoms with van der Waals surface area (Å²) in [6, 6.07) is 7.55. The van der Waals surface area contributed by atoms with Gasteiger partial charge in [-0.3, -0.25) is 14.5 Å². The average Bonchev–Trinajstić information content (AvgIpc) is 2.76. The first-order valence-corrected chi connectivity index (χ1v) is 12.6. The number of nitrogens with one attached hydrogen (secondary N) is 1. The molecule has 11 heteroatoms. The number of fused-ring (bicyclic) bond motifs is 1. The number of thioether (sulfide) groups is 2. The van der Waals surface area contributed by atoms with Crippen molar-refractivity contribution in [3.8, 4) is 0 Å². The minimum atomic E-state index is -1.21. The molecule has 2 atom stereocenters. The van der Waals surface area contributed by atoms with Crippen LogP contribution in [0.15, 0.2) is 52.6 Å². The van der Waals surface area contributed by atoms with E-state index in [1.807, 2.05) is 19.1 Å². The molecule has 2 aromatic carbocycles. The predicted octanol–water partition coefficient (Wildman–Crippen LogP) is 4.00. The summed E-state index contributed by atoms with van der Waals surface area (Å²) in [5.41, 5.74) is 1.51. The van der Waals surface area contributed by atoms with E-state index < -0.39 is 40.8 Å². The molecule has 0 aromatic heterocycles. The van der Waals surface area contributed by atoms with E-state index in [0.717, 1.165) is 16.5 Å². The number of nitrogens with zero attached hydrogens (tertiary/aromatic N) is 1. The molecule has 1 unspecified atom stereocenters. The third-order valence-corrected chi connectivity index (χ3v) is 7.98. The zero-order valence-corrected chi connectivity index (χ0v) is 20.2. The molecule has 0 saturated carbocycles. The van der Waals surface area contributed by atoms with Crippen molar-refractivity contribution in [2.24, 2.45) is 0 Å².